The van der Waals surface area contributed by atoms with E-state index in [0.717, 1.165) is 34.7 Å². The predicted molar refractivity (Wildman–Crippen MR) is 142 cm³/mol. The molecular formula is C30H35N3OS. The summed E-state index contributed by atoms with van der Waals surface area (Å²) in [7, 11) is 0. The molecule has 0 aliphatic heterocycles. The summed E-state index contributed by atoms with van der Waals surface area (Å²) in [5.74, 6) is 2.30. The number of rotatable bonds is 4. The molecule has 35 heavy (non-hydrogen) atoms. The molecule has 0 saturated heterocycles. The van der Waals surface area contributed by atoms with E-state index in [1.165, 1.54) is 49.7 Å². The van der Waals surface area contributed by atoms with Crippen molar-refractivity contribution in [2.75, 3.05) is 0 Å². The number of hydrogen-bond acceptors (Lipinski definition) is 4. The fourth-order valence-corrected chi connectivity index (χ4v) is 8.89. The van der Waals surface area contributed by atoms with Gasteiger partial charge in [0.05, 0.1) is 23.7 Å². The highest BCUT2D eigenvalue weighted by molar-refractivity contribution is 7.09. The van der Waals surface area contributed by atoms with Crippen LogP contribution in [0.5, 0.6) is 0 Å². The van der Waals surface area contributed by atoms with Gasteiger partial charge in [0.2, 0.25) is 0 Å². The van der Waals surface area contributed by atoms with Crippen LogP contribution in [0.15, 0.2) is 59.9 Å². The first-order valence-electron chi connectivity index (χ1n) is 13.4. The number of aromatic nitrogens is 3. The van der Waals surface area contributed by atoms with Crippen molar-refractivity contribution in [1.29, 1.82) is 0 Å². The van der Waals surface area contributed by atoms with Crippen molar-refractivity contribution in [2.45, 2.75) is 71.5 Å². The average Bonchev–Trinajstić information content (AvgIpc) is 3.61. The van der Waals surface area contributed by atoms with Crippen LogP contribution in [0, 0.1) is 28.6 Å². The number of hydrogen-bond donors (Lipinski definition) is 0. The molecule has 1 aromatic carbocycles. The van der Waals surface area contributed by atoms with Crippen molar-refractivity contribution >= 4 is 28.1 Å². The SMILES string of the molecule is C[C@]12CCC(OCc3nccs3)CC1=CC[C@@H]1[C@@H]2CC[C@]2(C)C(n3cnc4ccccc43)=CC[C@@H]12. The van der Waals surface area contributed by atoms with Crippen LogP contribution in [-0.2, 0) is 11.3 Å². The number of nitrogens with zero attached hydrogens (tertiary/aromatic N) is 3. The molecule has 0 amide bonds. The number of thiazole rings is 1. The van der Waals surface area contributed by atoms with E-state index in [1.807, 2.05) is 11.6 Å². The van der Waals surface area contributed by atoms with Gasteiger partial charge in [-0.15, -0.1) is 11.3 Å². The van der Waals surface area contributed by atoms with E-state index in [1.54, 1.807) is 16.9 Å². The van der Waals surface area contributed by atoms with E-state index >= 15 is 0 Å². The van der Waals surface area contributed by atoms with E-state index in [-0.39, 0.29) is 5.41 Å². The van der Waals surface area contributed by atoms with Crippen LogP contribution in [0.25, 0.3) is 16.7 Å². The number of fused-ring (bicyclic) bond motifs is 6. The minimum Gasteiger partial charge on any atom is -0.371 e. The zero-order chi connectivity index (χ0) is 23.6. The largest absolute Gasteiger partial charge is 0.371 e. The van der Waals surface area contributed by atoms with Crippen LogP contribution in [0.4, 0.5) is 0 Å². The highest BCUT2D eigenvalue weighted by Gasteiger charge is 2.57. The van der Waals surface area contributed by atoms with Crippen molar-refractivity contribution in [3.8, 4) is 0 Å². The Morgan fingerprint density at radius 2 is 1.91 bits per heavy atom. The Hall–Kier alpha value is -2.24. The Bertz CT molecular complexity index is 1310. The van der Waals surface area contributed by atoms with Gasteiger partial charge in [-0.1, -0.05) is 43.7 Å². The third-order valence-electron chi connectivity index (χ3n) is 10.2. The summed E-state index contributed by atoms with van der Waals surface area (Å²) in [6.45, 7) is 5.80. The normalized spacial score (nSPS) is 36.3. The zero-order valence-corrected chi connectivity index (χ0v) is 21.6. The molecular weight excluding hydrogens is 450 g/mol. The van der Waals surface area contributed by atoms with Gasteiger partial charge < -0.3 is 9.30 Å². The van der Waals surface area contributed by atoms with Crippen LogP contribution in [-0.4, -0.2) is 20.6 Å². The van der Waals surface area contributed by atoms with Gasteiger partial charge in [0.15, 0.2) is 0 Å². The Morgan fingerprint density at radius 1 is 1.03 bits per heavy atom. The monoisotopic (exact) mass is 485 g/mol. The van der Waals surface area contributed by atoms with Crippen LogP contribution >= 0.6 is 11.3 Å². The number of allylic oxidation sites excluding steroid dienone is 3. The van der Waals surface area contributed by atoms with Crippen molar-refractivity contribution in [3.63, 3.8) is 0 Å². The maximum absolute atomic E-state index is 6.32. The Kier molecular flexibility index (Phi) is 5.12. The lowest BCUT2D eigenvalue weighted by Crippen LogP contribution is -2.50. The summed E-state index contributed by atoms with van der Waals surface area (Å²) in [5.41, 5.74) is 6.10. The summed E-state index contributed by atoms with van der Waals surface area (Å²) >= 11 is 1.70. The van der Waals surface area contributed by atoms with E-state index in [9.17, 15) is 0 Å². The second-order valence-corrected chi connectivity index (χ2v) is 12.7. The maximum atomic E-state index is 6.32. The molecule has 4 nitrogen and oxygen atoms in total. The number of para-hydroxylation sites is 2. The molecule has 5 heteroatoms. The van der Waals surface area contributed by atoms with Crippen molar-refractivity contribution in [2.24, 2.45) is 28.6 Å². The van der Waals surface area contributed by atoms with E-state index in [2.05, 4.69) is 66.1 Å². The van der Waals surface area contributed by atoms with Crippen LogP contribution in [0.3, 0.4) is 0 Å². The first-order valence-corrected chi connectivity index (χ1v) is 14.3. The lowest BCUT2D eigenvalue weighted by molar-refractivity contribution is -0.0428. The number of benzene rings is 1. The molecule has 4 aliphatic rings. The summed E-state index contributed by atoms with van der Waals surface area (Å²) in [6, 6.07) is 8.57. The van der Waals surface area contributed by atoms with E-state index < -0.39 is 0 Å². The predicted octanol–water partition coefficient (Wildman–Crippen LogP) is 7.49. The van der Waals surface area contributed by atoms with Crippen molar-refractivity contribution < 1.29 is 4.74 Å². The standard InChI is InChI=1S/C30H35N3OS/c1-29-13-11-21(34-18-28-31-15-16-35-28)17-20(29)7-8-22-23-9-10-27(30(23,2)14-12-24(22)29)33-19-32-25-5-3-4-6-26(25)33/h3-7,10,15-16,19,21-24H,8-9,11-14,17-18H2,1-2H3/t21?,22-,23-,24-,29-,30-/m0/s1. The lowest BCUT2D eigenvalue weighted by atomic mass is 9.47. The average molecular weight is 486 g/mol. The first kappa shape index (κ1) is 22.0. The molecule has 4 aliphatic carbocycles. The van der Waals surface area contributed by atoms with Gasteiger partial charge in [-0.2, -0.15) is 0 Å². The van der Waals surface area contributed by atoms with Crippen molar-refractivity contribution in [1.82, 2.24) is 14.5 Å². The molecule has 1 unspecified atom stereocenters. The fourth-order valence-electron chi connectivity index (χ4n) is 8.35. The number of ether oxygens (including phenoxy) is 1. The maximum Gasteiger partial charge on any atom is 0.118 e. The van der Waals surface area contributed by atoms with Gasteiger partial charge in [0, 0.05) is 22.7 Å². The molecule has 2 aromatic heterocycles. The van der Waals surface area contributed by atoms with Gasteiger partial charge in [0.1, 0.15) is 11.3 Å². The second-order valence-electron chi connectivity index (χ2n) is 11.7. The first-order chi connectivity index (χ1) is 17.1. The van der Waals surface area contributed by atoms with E-state index in [4.69, 9.17) is 9.72 Å². The molecule has 2 fully saturated rings. The minimum atomic E-state index is 0.236. The molecule has 7 rings (SSSR count). The highest BCUT2D eigenvalue weighted by Crippen LogP contribution is 2.65. The summed E-state index contributed by atoms with van der Waals surface area (Å²) in [4.78, 5) is 9.11. The molecule has 2 saturated carbocycles. The Morgan fingerprint density at radius 3 is 2.80 bits per heavy atom. The highest BCUT2D eigenvalue weighted by atomic mass is 32.1. The molecule has 0 spiro atoms. The zero-order valence-electron chi connectivity index (χ0n) is 20.8. The molecule has 6 atom stereocenters. The molecule has 2 heterocycles. The van der Waals surface area contributed by atoms with Gasteiger partial charge >= 0.3 is 0 Å². The smallest absolute Gasteiger partial charge is 0.118 e. The summed E-state index contributed by atoms with van der Waals surface area (Å²) in [5, 5.41) is 3.13. The van der Waals surface area contributed by atoms with Crippen LogP contribution < -0.4 is 0 Å². The third-order valence-corrected chi connectivity index (χ3v) is 11.0. The molecule has 182 valence electrons. The summed E-state index contributed by atoms with van der Waals surface area (Å²) in [6.07, 6.45) is 18.1. The lowest BCUT2D eigenvalue weighted by Gasteiger charge is -2.57. The van der Waals surface area contributed by atoms with E-state index in [0.29, 0.717) is 18.1 Å². The molecule has 0 bridgehead atoms. The Balaban J connectivity index is 1.12. The molecule has 3 aromatic rings. The number of imidazole rings is 1. The van der Waals surface area contributed by atoms with Gasteiger partial charge in [-0.3, -0.25) is 0 Å². The second kappa shape index (κ2) is 8.14. The quantitative estimate of drug-likeness (QED) is 0.359. The Labute approximate surface area is 212 Å². The van der Waals surface area contributed by atoms with Crippen LogP contribution in [0.1, 0.15) is 63.8 Å². The topological polar surface area (TPSA) is 39.9 Å². The van der Waals surface area contributed by atoms with Gasteiger partial charge in [-0.05, 0) is 80.2 Å². The minimum absolute atomic E-state index is 0.236. The van der Waals surface area contributed by atoms with Crippen molar-refractivity contribution in [3.05, 3.63) is 64.9 Å². The summed E-state index contributed by atoms with van der Waals surface area (Å²) < 4.78 is 8.72. The third kappa shape index (κ3) is 3.34. The molecule has 0 radical (unpaired) electrons. The fraction of sp³-hybridized carbons (Fsp3) is 0.533. The van der Waals surface area contributed by atoms with Gasteiger partial charge in [-0.25, -0.2) is 9.97 Å². The molecule has 0 N–H and O–H groups in total. The van der Waals surface area contributed by atoms with Gasteiger partial charge in [0.25, 0.3) is 0 Å². The van der Waals surface area contributed by atoms with Crippen LogP contribution in [0.2, 0.25) is 0 Å².